The Labute approximate surface area is 174 Å². The Hall–Kier alpha value is -2.39. The van der Waals surface area contributed by atoms with Gasteiger partial charge in [-0.15, -0.1) is 0 Å². The van der Waals surface area contributed by atoms with E-state index in [0.29, 0.717) is 12.3 Å². The molecule has 2 aromatic rings. The van der Waals surface area contributed by atoms with Crippen molar-refractivity contribution in [2.75, 3.05) is 31.1 Å². The summed E-state index contributed by atoms with van der Waals surface area (Å²) >= 11 is 0. The van der Waals surface area contributed by atoms with Crippen molar-refractivity contribution in [1.29, 1.82) is 0 Å². The number of benzene rings is 2. The van der Waals surface area contributed by atoms with Crippen molar-refractivity contribution in [3.05, 3.63) is 71.3 Å². The first kappa shape index (κ1) is 18.6. The van der Waals surface area contributed by atoms with Crippen molar-refractivity contribution < 1.29 is 4.79 Å². The Morgan fingerprint density at radius 2 is 1.69 bits per heavy atom. The summed E-state index contributed by atoms with van der Waals surface area (Å²) in [5.74, 6) is 0.292. The van der Waals surface area contributed by atoms with E-state index in [1.165, 1.54) is 29.5 Å². The van der Waals surface area contributed by atoms with Crippen LogP contribution in [0.15, 0.2) is 54.6 Å². The van der Waals surface area contributed by atoms with Gasteiger partial charge < -0.3 is 9.80 Å². The number of para-hydroxylation sites is 1. The maximum Gasteiger partial charge on any atom is 0.226 e. The standard InChI is InChI=1S/C26H30N2O/c29-25-12-5-9-22-8-2-4-11-24(22)28(25)18-6-17-27-19-15-26(16-20-27)14-13-21-7-1-3-10-23(21)26/h1-4,7-8,10-11,13-14H,5-6,9,12,15-20H2. The maximum absolute atomic E-state index is 12.7. The van der Waals surface area contributed by atoms with Gasteiger partial charge in [0.15, 0.2) is 0 Å². The van der Waals surface area contributed by atoms with Gasteiger partial charge in [-0.25, -0.2) is 0 Å². The number of rotatable bonds is 4. The van der Waals surface area contributed by atoms with Gasteiger partial charge in [0.05, 0.1) is 0 Å². The fourth-order valence-electron chi connectivity index (χ4n) is 5.43. The molecule has 3 heteroatoms. The Morgan fingerprint density at radius 3 is 2.59 bits per heavy atom. The lowest BCUT2D eigenvalue weighted by atomic mass is 9.74. The van der Waals surface area contributed by atoms with Gasteiger partial charge in [-0.2, -0.15) is 0 Å². The lowest BCUT2D eigenvalue weighted by Crippen LogP contribution is -2.42. The average molecular weight is 387 g/mol. The van der Waals surface area contributed by atoms with E-state index in [4.69, 9.17) is 0 Å². The van der Waals surface area contributed by atoms with Crippen molar-refractivity contribution in [3.63, 3.8) is 0 Å². The Bertz CT molecular complexity index is 924. The Morgan fingerprint density at radius 1 is 0.897 bits per heavy atom. The third-order valence-corrected chi connectivity index (χ3v) is 7.10. The smallest absolute Gasteiger partial charge is 0.226 e. The number of likely N-dealkylation sites (tertiary alicyclic amines) is 1. The van der Waals surface area contributed by atoms with E-state index in [-0.39, 0.29) is 5.41 Å². The van der Waals surface area contributed by atoms with Crippen LogP contribution in [0.5, 0.6) is 0 Å². The molecule has 0 aromatic heterocycles. The minimum Gasteiger partial charge on any atom is -0.312 e. The molecule has 3 aliphatic rings. The molecule has 1 fully saturated rings. The van der Waals surface area contributed by atoms with Crippen LogP contribution in [0.3, 0.4) is 0 Å². The van der Waals surface area contributed by atoms with Gasteiger partial charge in [0.1, 0.15) is 0 Å². The molecule has 0 radical (unpaired) electrons. The van der Waals surface area contributed by atoms with Gasteiger partial charge in [-0.3, -0.25) is 4.79 Å². The number of carbonyl (C=O) groups excluding carboxylic acids is 1. The minimum absolute atomic E-state index is 0.257. The lowest BCUT2D eigenvalue weighted by Gasteiger charge is -2.39. The molecule has 0 atom stereocenters. The molecule has 2 aliphatic heterocycles. The fraction of sp³-hybridized carbons (Fsp3) is 0.423. The van der Waals surface area contributed by atoms with Crippen molar-refractivity contribution >= 4 is 17.7 Å². The average Bonchev–Trinajstić information content (AvgIpc) is 3.03. The predicted molar refractivity (Wildman–Crippen MR) is 119 cm³/mol. The van der Waals surface area contributed by atoms with Gasteiger partial charge in [-0.1, -0.05) is 54.6 Å². The molecular weight excluding hydrogens is 356 g/mol. The number of nitrogens with zero attached hydrogens (tertiary/aromatic N) is 2. The first-order chi connectivity index (χ1) is 14.3. The molecule has 150 valence electrons. The van der Waals surface area contributed by atoms with Crippen LogP contribution in [0.4, 0.5) is 5.69 Å². The lowest BCUT2D eigenvalue weighted by molar-refractivity contribution is -0.118. The molecule has 0 saturated carbocycles. The first-order valence-electron chi connectivity index (χ1n) is 11.1. The largest absolute Gasteiger partial charge is 0.312 e. The number of anilines is 1. The van der Waals surface area contributed by atoms with Crippen LogP contribution in [0.2, 0.25) is 0 Å². The summed E-state index contributed by atoms with van der Waals surface area (Å²) in [7, 11) is 0. The highest BCUT2D eigenvalue weighted by Gasteiger charge is 2.37. The van der Waals surface area contributed by atoms with Crippen molar-refractivity contribution in [3.8, 4) is 0 Å². The van der Waals surface area contributed by atoms with Crippen LogP contribution in [0.1, 0.15) is 48.8 Å². The van der Waals surface area contributed by atoms with E-state index < -0.39 is 0 Å². The number of carbonyl (C=O) groups is 1. The first-order valence-corrected chi connectivity index (χ1v) is 11.1. The van der Waals surface area contributed by atoms with Gasteiger partial charge in [0, 0.05) is 24.1 Å². The molecule has 0 unspecified atom stereocenters. The van der Waals surface area contributed by atoms with E-state index in [1.807, 2.05) is 4.90 Å². The second kappa shape index (κ2) is 7.79. The highest BCUT2D eigenvalue weighted by Crippen LogP contribution is 2.43. The molecule has 1 spiro atoms. The van der Waals surface area contributed by atoms with Crippen LogP contribution in [-0.2, 0) is 16.6 Å². The van der Waals surface area contributed by atoms with Crippen LogP contribution >= 0.6 is 0 Å². The molecular formula is C26H30N2O. The topological polar surface area (TPSA) is 23.6 Å². The third kappa shape index (κ3) is 3.53. The zero-order valence-corrected chi connectivity index (χ0v) is 17.1. The zero-order valence-electron chi connectivity index (χ0n) is 17.1. The highest BCUT2D eigenvalue weighted by molar-refractivity contribution is 5.94. The molecule has 0 bridgehead atoms. The Kier molecular flexibility index (Phi) is 5.01. The van der Waals surface area contributed by atoms with Gasteiger partial charge in [0.2, 0.25) is 5.91 Å². The number of piperidine rings is 1. The second-order valence-electron chi connectivity index (χ2n) is 8.80. The second-order valence-corrected chi connectivity index (χ2v) is 8.80. The number of amides is 1. The molecule has 0 N–H and O–H groups in total. The van der Waals surface area contributed by atoms with Crippen LogP contribution in [-0.4, -0.2) is 37.0 Å². The van der Waals surface area contributed by atoms with Gasteiger partial charge in [0.25, 0.3) is 0 Å². The summed E-state index contributed by atoms with van der Waals surface area (Å²) in [5.41, 5.74) is 5.64. The van der Waals surface area contributed by atoms with Crippen LogP contribution in [0.25, 0.3) is 6.08 Å². The fourth-order valence-corrected chi connectivity index (χ4v) is 5.43. The highest BCUT2D eigenvalue weighted by atomic mass is 16.2. The quantitative estimate of drug-likeness (QED) is 0.753. The van der Waals surface area contributed by atoms with Gasteiger partial charge in [-0.05, 0) is 74.5 Å². The van der Waals surface area contributed by atoms with Crippen molar-refractivity contribution in [2.24, 2.45) is 0 Å². The normalized spacial score (nSPS) is 20.6. The van der Waals surface area contributed by atoms with Crippen LogP contribution < -0.4 is 4.90 Å². The maximum atomic E-state index is 12.7. The number of allylic oxidation sites excluding steroid dienone is 1. The molecule has 5 rings (SSSR count). The molecule has 29 heavy (non-hydrogen) atoms. The van der Waals surface area contributed by atoms with Crippen molar-refractivity contribution in [2.45, 2.75) is 43.9 Å². The number of aryl methyl sites for hydroxylation is 1. The summed E-state index contributed by atoms with van der Waals surface area (Å²) in [6.07, 6.45) is 10.9. The molecule has 1 saturated heterocycles. The minimum atomic E-state index is 0.257. The molecule has 1 aliphatic carbocycles. The third-order valence-electron chi connectivity index (χ3n) is 7.10. The van der Waals surface area contributed by atoms with E-state index >= 15 is 0 Å². The van der Waals surface area contributed by atoms with Crippen LogP contribution in [0, 0.1) is 0 Å². The summed E-state index contributed by atoms with van der Waals surface area (Å²) in [6.45, 7) is 4.19. The summed E-state index contributed by atoms with van der Waals surface area (Å²) in [5, 5.41) is 0. The van der Waals surface area contributed by atoms with Crippen molar-refractivity contribution in [1.82, 2.24) is 4.90 Å². The van der Waals surface area contributed by atoms with E-state index in [2.05, 4.69) is 65.6 Å². The molecule has 2 aromatic carbocycles. The zero-order chi connectivity index (χ0) is 19.7. The predicted octanol–water partition coefficient (Wildman–Crippen LogP) is 4.81. The van der Waals surface area contributed by atoms with E-state index in [9.17, 15) is 4.79 Å². The Balaban J connectivity index is 1.18. The summed E-state index contributed by atoms with van der Waals surface area (Å²) < 4.78 is 0. The number of hydrogen-bond acceptors (Lipinski definition) is 2. The van der Waals surface area contributed by atoms with E-state index in [0.717, 1.165) is 51.1 Å². The summed E-state index contributed by atoms with van der Waals surface area (Å²) in [4.78, 5) is 17.3. The number of fused-ring (bicyclic) bond motifs is 3. The monoisotopic (exact) mass is 386 g/mol. The van der Waals surface area contributed by atoms with E-state index in [1.54, 1.807) is 0 Å². The molecule has 2 heterocycles. The molecule has 3 nitrogen and oxygen atoms in total. The molecule has 1 amide bonds. The van der Waals surface area contributed by atoms with Gasteiger partial charge >= 0.3 is 0 Å². The number of hydrogen-bond donors (Lipinski definition) is 0. The SMILES string of the molecule is O=C1CCCc2ccccc2N1CCCN1CCC2(C=Cc3ccccc32)CC1. The summed E-state index contributed by atoms with van der Waals surface area (Å²) in [6, 6.07) is 17.3.